The maximum absolute atomic E-state index is 12.9. The monoisotopic (exact) mass is 487 g/mol. The minimum atomic E-state index is -3.61. The van der Waals surface area contributed by atoms with Gasteiger partial charge in [-0.15, -0.1) is 0 Å². The molecule has 0 aliphatic carbocycles. The van der Waals surface area contributed by atoms with E-state index in [9.17, 15) is 22.8 Å². The van der Waals surface area contributed by atoms with Crippen molar-refractivity contribution in [3.8, 4) is 0 Å². The fraction of sp³-hybridized carbons (Fsp3) is 0.375. The number of hydrogen-bond acceptors (Lipinski definition) is 6. The summed E-state index contributed by atoms with van der Waals surface area (Å²) in [6.07, 6.45) is 0.715. The molecule has 0 saturated carbocycles. The number of nitrogens with one attached hydrogen (secondary N) is 2. The predicted molar refractivity (Wildman–Crippen MR) is 127 cm³/mol. The molecule has 1 aliphatic rings. The molecule has 2 aromatic carbocycles. The van der Waals surface area contributed by atoms with Gasteiger partial charge < -0.3 is 15.4 Å². The van der Waals surface area contributed by atoms with Gasteiger partial charge in [-0.2, -0.15) is 4.31 Å². The highest BCUT2D eigenvalue weighted by atomic mass is 32.2. The standard InChI is InChI=1S/C24H29N3O6S/c1-16-8-10-19(11-9-16)34(31,32)27-14-12-18(13-15-27)23(29)25-17(2)22(28)26-21-7-5-4-6-20(21)24(30)33-3/h4-11,17-18H,12-15H2,1-3H3,(H,25,29)(H,26,28). The zero-order chi connectivity index (χ0) is 24.9. The topological polar surface area (TPSA) is 122 Å². The Hall–Kier alpha value is -3.24. The summed E-state index contributed by atoms with van der Waals surface area (Å²) in [5.74, 6) is -1.78. The molecule has 1 saturated heterocycles. The molecule has 3 rings (SSSR count). The molecular formula is C24H29N3O6S. The average Bonchev–Trinajstić information content (AvgIpc) is 2.84. The van der Waals surface area contributed by atoms with E-state index in [-0.39, 0.29) is 35.1 Å². The second kappa shape index (κ2) is 10.8. The van der Waals surface area contributed by atoms with E-state index >= 15 is 0 Å². The van der Waals surface area contributed by atoms with Crippen LogP contribution in [-0.4, -0.2) is 56.7 Å². The van der Waals surface area contributed by atoms with Crippen LogP contribution in [0.1, 0.15) is 35.7 Å². The van der Waals surface area contributed by atoms with E-state index in [1.807, 2.05) is 6.92 Å². The van der Waals surface area contributed by atoms with Crippen molar-refractivity contribution in [2.75, 3.05) is 25.5 Å². The summed E-state index contributed by atoms with van der Waals surface area (Å²) in [6.45, 7) is 3.88. The van der Waals surface area contributed by atoms with Gasteiger partial charge in [-0.05, 0) is 51.0 Å². The second-order valence-electron chi connectivity index (χ2n) is 8.25. The Labute approximate surface area is 199 Å². The number of esters is 1. The van der Waals surface area contributed by atoms with Crippen LogP contribution in [-0.2, 0) is 24.3 Å². The Kier molecular flexibility index (Phi) is 8.06. The van der Waals surface area contributed by atoms with Crippen molar-refractivity contribution >= 4 is 33.5 Å². The summed E-state index contributed by atoms with van der Waals surface area (Å²) in [4.78, 5) is 37.4. The van der Waals surface area contributed by atoms with E-state index in [4.69, 9.17) is 4.74 Å². The van der Waals surface area contributed by atoms with Crippen LogP contribution in [0.3, 0.4) is 0 Å². The SMILES string of the molecule is COC(=O)c1ccccc1NC(=O)C(C)NC(=O)C1CCN(S(=O)(=O)c2ccc(C)cc2)CC1. The summed E-state index contributed by atoms with van der Waals surface area (Å²) >= 11 is 0. The first-order valence-electron chi connectivity index (χ1n) is 11.0. The van der Waals surface area contributed by atoms with Crippen LogP contribution in [0.4, 0.5) is 5.69 Å². The van der Waals surface area contributed by atoms with Crippen molar-refractivity contribution in [2.24, 2.45) is 5.92 Å². The van der Waals surface area contributed by atoms with Gasteiger partial charge in [0, 0.05) is 19.0 Å². The molecule has 0 radical (unpaired) electrons. The Morgan fingerprint density at radius 2 is 1.65 bits per heavy atom. The first-order valence-corrected chi connectivity index (χ1v) is 12.4. The number of amides is 2. The van der Waals surface area contributed by atoms with Crippen LogP contribution in [0.2, 0.25) is 0 Å². The lowest BCUT2D eigenvalue weighted by molar-refractivity contribution is -0.129. The second-order valence-corrected chi connectivity index (χ2v) is 10.2. The van der Waals surface area contributed by atoms with E-state index in [0.29, 0.717) is 12.8 Å². The van der Waals surface area contributed by atoms with Crippen LogP contribution in [0.15, 0.2) is 53.4 Å². The molecule has 9 nitrogen and oxygen atoms in total. The number of hydrogen-bond donors (Lipinski definition) is 2. The van der Waals surface area contributed by atoms with E-state index < -0.39 is 33.9 Å². The fourth-order valence-electron chi connectivity index (χ4n) is 3.74. The zero-order valence-corrected chi connectivity index (χ0v) is 20.2. The quantitative estimate of drug-likeness (QED) is 0.578. The van der Waals surface area contributed by atoms with Gasteiger partial charge in [-0.1, -0.05) is 29.8 Å². The number of carbonyl (C=O) groups excluding carboxylic acids is 3. The van der Waals surface area contributed by atoms with Crippen molar-refractivity contribution in [1.29, 1.82) is 0 Å². The number of piperidine rings is 1. The maximum atomic E-state index is 12.9. The minimum Gasteiger partial charge on any atom is -0.465 e. The van der Waals surface area contributed by atoms with Gasteiger partial charge in [-0.25, -0.2) is 13.2 Å². The molecular weight excluding hydrogens is 458 g/mol. The summed E-state index contributed by atoms with van der Waals surface area (Å²) in [5, 5.41) is 5.33. The number of benzene rings is 2. The lowest BCUT2D eigenvalue weighted by Crippen LogP contribution is -2.47. The van der Waals surface area contributed by atoms with Crippen LogP contribution >= 0.6 is 0 Å². The Morgan fingerprint density at radius 1 is 1.03 bits per heavy atom. The number of aryl methyl sites for hydroxylation is 1. The van der Waals surface area contributed by atoms with Crippen molar-refractivity contribution in [1.82, 2.24) is 9.62 Å². The molecule has 34 heavy (non-hydrogen) atoms. The third-order valence-electron chi connectivity index (χ3n) is 5.83. The molecule has 2 amide bonds. The van der Waals surface area contributed by atoms with Crippen molar-refractivity contribution in [3.63, 3.8) is 0 Å². The molecule has 1 unspecified atom stereocenters. The molecule has 0 aromatic heterocycles. The van der Waals surface area contributed by atoms with Crippen LogP contribution < -0.4 is 10.6 Å². The van der Waals surface area contributed by atoms with E-state index in [1.165, 1.54) is 17.5 Å². The van der Waals surface area contributed by atoms with Gasteiger partial charge in [-0.3, -0.25) is 9.59 Å². The number of para-hydroxylation sites is 1. The van der Waals surface area contributed by atoms with Gasteiger partial charge in [0.2, 0.25) is 21.8 Å². The lowest BCUT2D eigenvalue weighted by atomic mass is 9.97. The number of anilines is 1. The fourth-order valence-corrected chi connectivity index (χ4v) is 5.21. The van der Waals surface area contributed by atoms with E-state index in [0.717, 1.165) is 5.56 Å². The summed E-state index contributed by atoms with van der Waals surface area (Å²) in [6, 6.07) is 12.2. The van der Waals surface area contributed by atoms with E-state index in [2.05, 4.69) is 10.6 Å². The molecule has 182 valence electrons. The highest BCUT2D eigenvalue weighted by molar-refractivity contribution is 7.89. The summed E-state index contributed by atoms with van der Waals surface area (Å²) < 4.78 is 31.8. The smallest absolute Gasteiger partial charge is 0.339 e. The maximum Gasteiger partial charge on any atom is 0.339 e. The molecule has 1 atom stereocenters. The third-order valence-corrected chi connectivity index (χ3v) is 7.74. The summed E-state index contributed by atoms with van der Waals surface area (Å²) in [7, 11) is -2.36. The van der Waals surface area contributed by atoms with Gasteiger partial charge in [0.25, 0.3) is 0 Å². The molecule has 1 aliphatic heterocycles. The number of rotatable bonds is 7. The van der Waals surface area contributed by atoms with Gasteiger partial charge in [0.15, 0.2) is 0 Å². The highest BCUT2D eigenvalue weighted by Crippen LogP contribution is 2.24. The lowest BCUT2D eigenvalue weighted by Gasteiger charge is -2.31. The number of methoxy groups -OCH3 is 1. The van der Waals surface area contributed by atoms with Crippen molar-refractivity contribution in [3.05, 3.63) is 59.7 Å². The molecule has 2 aromatic rings. The molecule has 2 N–H and O–H groups in total. The van der Waals surface area contributed by atoms with Gasteiger partial charge in [0.05, 0.1) is 23.3 Å². The first kappa shape index (κ1) is 25.4. The molecule has 1 fully saturated rings. The van der Waals surface area contributed by atoms with Crippen LogP contribution in [0.25, 0.3) is 0 Å². The molecule has 1 heterocycles. The van der Waals surface area contributed by atoms with E-state index in [1.54, 1.807) is 49.4 Å². The van der Waals surface area contributed by atoms with Gasteiger partial charge in [0.1, 0.15) is 6.04 Å². The molecule has 10 heteroatoms. The zero-order valence-electron chi connectivity index (χ0n) is 19.4. The largest absolute Gasteiger partial charge is 0.465 e. The normalized spacial score (nSPS) is 15.9. The van der Waals surface area contributed by atoms with Crippen LogP contribution in [0.5, 0.6) is 0 Å². The average molecular weight is 488 g/mol. The highest BCUT2D eigenvalue weighted by Gasteiger charge is 2.33. The third kappa shape index (κ3) is 5.81. The number of ether oxygens (including phenoxy) is 1. The summed E-state index contributed by atoms with van der Waals surface area (Å²) in [5.41, 5.74) is 1.47. The van der Waals surface area contributed by atoms with Crippen LogP contribution in [0, 0.1) is 12.8 Å². The van der Waals surface area contributed by atoms with Gasteiger partial charge >= 0.3 is 5.97 Å². The Balaban J connectivity index is 1.55. The Morgan fingerprint density at radius 3 is 2.26 bits per heavy atom. The predicted octanol–water partition coefficient (Wildman–Crippen LogP) is 2.33. The first-order chi connectivity index (χ1) is 16.1. The minimum absolute atomic E-state index is 0.207. The van der Waals surface area contributed by atoms with Crippen molar-refractivity contribution < 1.29 is 27.5 Å². The number of sulfonamides is 1. The molecule has 0 spiro atoms. The van der Waals surface area contributed by atoms with Crippen molar-refractivity contribution in [2.45, 2.75) is 37.6 Å². The Bertz CT molecular complexity index is 1160. The number of nitrogens with zero attached hydrogens (tertiary/aromatic N) is 1. The molecule has 0 bridgehead atoms. The number of carbonyl (C=O) groups is 3.